The lowest BCUT2D eigenvalue weighted by Crippen LogP contribution is -2.33. The third-order valence-corrected chi connectivity index (χ3v) is 5.88. The molecule has 2 aromatic heterocycles. The fourth-order valence-corrected chi connectivity index (χ4v) is 4.48. The Labute approximate surface area is 166 Å². The van der Waals surface area contributed by atoms with Gasteiger partial charge in [0.2, 0.25) is 5.91 Å². The Balaban J connectivity index is 1.34. The third kappa shape index (κ3) is 3.16. The number of hydrogen-bond acceptors (Lipinski definition) is 4. The minimum absolute atomic E-state index is 0.00533. The second-order valence-corrected chi connectivity index (χ2v) is 7.68. The number of ether oxygens (including phenoxy) is 1. The molecular weight excluding hydrogens is 370 g/mol. The first-order valence-electron chi connectivity index (χ1n) is 9.30. The van der Waals surface area contributed by atoms with Crippen LogP contribution in [0, 0.1) is 0 Å². The highest BCUT2D eigenvalue weighted by atomic mass is 32.1. The number of carbonyl (C=O) groups is 1. The molecule has 5 rings (SSSR count). The fraction of sp³-hybridized carbons (Fsp3) is 0.182. The lowest BCUT2D eigenvalue weighted by atomic mass is 10.0. The van der Waals surface area contributed by atoms with Crippen LogP contribution in [0.15, 0.2) is 66.2 Å². The number of rotatable bonds is 4. The zero-order valence-corrected chi connectivity index (χ0v) is 16.0. The van der Waals surface area contributed by atoms with E-state index in [1.54, 1.807) is 11.3 Å². The molecule has 1 aliphatic rings. The Hall–Kier alpha value is -3.12. The molecule has 1 N–H and O–H groups in total. The molecule has 4 aromatic rings. The van der Waals surface area contributed by atoms with Gasteiger partial charge in [0.25, 0.3) is 0 Å². The first kappa shape index (κ1) is 17.0. The van der Waals surface area contributed by atoms with Gasteiger partial charge in [0.1, 0.15) is 5.75 Å². The minimum Gasteiger partial charge on any atom is -0.493 e. The summed E-state index contributed by atoms with van der Waals surface area (Å²) in [6.07, 6.45) is 3.11. The van der Waals surface area contributed by atoms with Gasteiger partial charge in [-0.1, -0.05) is 48.5 Å². The molecule has 0 spiro atoms. The van der Waals surface area contributed by atoms with Gasteiger partial charge in [-0.15, -0.1) is 11.3 Å². The van der Waals surface area contributed by atoms with Gasteiger partial charge in [-0.3, -0.25) is 9.20 Å². The van der Waals surface area contributed by atoms with Crippen molar-refractivity contribution >= 4 is 22.2 Å². The first-order chi connectivity index (χ1) is 13.8. The van der Waals surface area contributed by atoms with Crippen molar-refractivity contribution in [2.24, 2.45) is 0 Å². The standard InChI is InChI=1S/C22H19N3O2S/c26-21(23-18-10-11-27-20-9-5-4-8-17(18)20)12-16-14-28-22-24-19(13-25(16)22)15-6-2-1-3-7-15/h1-9,13-14,18H,10-12H2,(H,23,26). The van der Waals surface area contributed by atoms with E-state index < -0.39 is 0 Å². The highest BCUT2D eigenvalue weighted by molar-refractivity contribution is 7.15. The van der Waals surface area contributed by atoms with Crippen LogP contribution in [-0.4, -0.2) is 21.9 Å². The molecule has 140 valence electrons. The summed E-state index contributed by atoms with van der Waals surface area (Å²) in [6.45, 7) is 0.618. The number of aromatic nitrogens is 2. The summed E-state index contributed by atoms with van der Waals surface area (Å²) in [4.78, 5) is 18.3. The van der Waals surface area contributed by atoms with Crippen molar-refractivity contribution in [1.82, 2.24) is 14.7 Å². The summed E-state index contributed by atoms with van der Waals surface area (Å²) in [7, 11) is 0. The van der Waals surface area contributed by atoms with Crippen LogP contribution in [-0.2, 0) is 11.2 Å². The Morgan fingerprint density at radius 1 is 1.18 bits per heavy atom. The molecule has 1 aliphatic heterocycles. The average Bonchev–Trinajstić information content (AvgIpc) is 3.31. The van der Waals surface area contributed by atoms with Crippen molar-refractivity contribution in [1.29, 1.82) is 0 Å². The highest BCUT2D eigenvalue weighted by Crippen LogP contribution is 2.31. The molecule has 0 fully saturated rings. The van der Waals surface area contributed by atoms with Crippen molar-refractivity contribution in [2.75, 3.05) is 6.61 Å². The smallest absolute Gasteiger partial charge is 0.226 e. The molecule has 5 nitrogen and oxygen atoms in total. The number of hydrogen-bond donors (Lipinski definition) is 1. The van der Waals surface area contributed by atoms with Crippen molar-refractivity contribution in [3.63, 3.8) is 0 Å². The lowest BCUT2D eigenvalue weighted by molar-refractivity contribution is -0.121. The summed E-state index contributed by atoms with van der Waals surface area (Å²) in [6, 6.07) is 18.0. The van der Waals surface area contributed by atoms with Gasteiger partial charge in [0.15, 0.2) is 4.96 Å². The maximum atomic E-state index is 12.7. The van der Waals surface area contributed by atoms with Crippen LogP contribution in [0.4, 0.5) is 0 Å². The number of thiazole rings is 1. The highest BCUT2D eigenvalue weighted by Gasteiger charge is 2.23. The lowest BCUT2D eigenvalue weighted by Gasteiger charge is -2.26. The quantitative estimate of drug-likeness (QED) is 0.568. The molecule has 0 aliphatic carbocycles. The number of amides is 1. The first-order valence-corrected chi connectivity index (χ1v) is 10.2. The second kappa shape index (κ2) is 7.13. The topological polar surface area (TPSA) is 55.6 Å². The van der Waals surface area contributed by atoms with E-state index in [-0.39, 0.29) is 11.9 Å². The Kier molecular flexibility index (Phi) is 4.33. The van der Waals surface area contributed by atoms with Crippen LogP contribution in [0.3, 0.4) is 0 Å². The van der Waals surface area contributed by atoms with Crippen LogP contribution in [0.5, 0.6) is 5.75 Å². The van der Waals surface area contributed by atoms with Crippen molar-refractivity contribution in [2.45, 2.75) is 18.9 Å². The summed E-state index contributed by atoms with van der Waals surface area (Å²) in [5, 5.41) is 5.18. The van der Waals surface area contributed by atoms with E-state index in [2.05, 4.69) is 10.3 Å². The monoisotopic (exact) mass is 389 g/mol. The predicted octanol–water partition coefficient (Wildman–Crippen LogP) is 4.25. The van der Waals surface area contributed by atoms with Crippen LogP contribution in [0.2, 0.25) is 0 Å². The predicted molar refractivity (Wildman–Crippen MR) is 110 cm³/mol. The molecule has 6 heteroatoms. The number of imidazole rings is 1. The zero-order valence-electron chi connectivity index (χ0n) is 15.2. The number of nitrogens with one attached hydrogen (secondary N) is 1. The molecule has 0 saturated heterocycles. The summed E-state index contributed by atoms with van der Waals surface area (Å²) >= 11 is 1.56. The SMILES string of the molecule is O=C(Cc1csc2nc(-c3ccccc3)cn12)NC1CCOc2ccccc21. The zero-order chi connectivity index (χ0) is 18.9. The van der Waals surface area contributed by atoms with E-state index in [1.807, 2.05) is 70.6 Å². The molecule has 0 bridgehead atoms. The largest absolute Gasteiger partial charge is 0.493 e. The van der Waals surface area contributed by atoms with Gasteiger partial charge in [-0.05, 0) is 6.07 Å². The third-order valence-electron chi connectivity index (χ3n) is 4.99. The number of fused-ring (bicyclic) bond motifs is 2. The van der Waals surface area contributed by atoms with Crippen molar-refractivity contribution in [3.05, 3.63) is 77.4 Å². The molecule has 1 amide bonds. The second-order valence-electron chi connectivity index (χ2n) is 6.84. The van der Waals surface area contributed by atoms with Crippen LogP contribution >= 0.6 is 11.3 Å². The molecule has 1 atom stereocenters. The van der Waals surface area contributed by atoms with Gasteiger partial charge >= 0.3 is 0 Å². The molecule has 0 saturated carbocycles. The van der Waals surface area contributed by atoms with E-state index in [9.17, 15) is 4.79 Å². The maximum Gasteiger partial charge on any atom is 0.226 e. The fourth-order valence-electron chi connectivity index (χ4n) is 3.61. The number of para-hydroxylation sites is 1. The number of carbonyl (C=O) groups excluding carboxylic acids is 1. The Morgan fingerprint density at radius 3 is 2.89 bits per heavy atom. The van der Waals surface area contributed by atoms with E-state index in [0.717, 1.165) is 39.6 Å². The molecule has 1 unspecified atom stereocenters. The Bertz CT molecular complexity index is 1130. The van der Waals surface area contributed by atoms with Crippen LogP contribution < -0.4 is 10.1 Å². The summed E-state index contributed by atoms with van der Waals surface area (Å²) < 4.78 is 7.70. The van der Waals surface area contributed by atoms with Gasteiger partial charge in [-0.25, -0.2) is 4.98 Å². The number of nitrogens with zero attached hydrogens (tertiary/aromatic N) is 2. The number of benzene rings is 2. The molecular formula is C22H19N3O2S. The molecule has 0 radical (unpaired) electrons. The Morgan fingerprint density at radius 2 is 2.00 bits per heavy atom. The summed E-state index contributed by atoms with van der Waals surface area (Å²) in [5.74, 6) is 0.871. The average molecular weight is 389 g/mol. The van der Waals surface area contributed by atoms with Crippen LogP contribution in [0.1, 0.15) is 23.7 Å². The van der Waals surface area contributed by atoms with Crippen LogP contribution in [0.25, 0.3) is 16.2 Å². The summed E-state index contributed by atoms with van der Waals surface area (Å²) in [5.41, 5.74) is 4.00. The van der Waals surface area contributed by atoms with Gasteiger partial charge in [0.05, 0.1) is 24.8 Å². The normalized spacial score (nSPS) is 15.8. The van der Waals surface area contributed by atoms with E-state index in [4.69, 9.17) is 4.74 Å². The molecule has 3 heterocycles. The van der Waals surface area contributed by atoms with Crippen molar-refractivity contribution < 1.29 is 9.53 Å². The molecule has 28 heavy (non-hydrogen) atoms. The van der Waals surface area contributed by atoms with E-state index in [1.165, 1.54) is 0 Å². The van der Waals surface area contributed by atoms with Gasteiger partial charge < -0.3 is 10.1 Å². The molecule has 2 aromatic carbocycles. The van der Waals surface area contributed by atoms with Crippen molar-refractivity contribution in [3.8, 4) is 17.0 Å². The van der Waals surface area contributed by atoms with E-state index >= 15 is 0 Å². The van der Waals surface area contributed by atoms with E-state index in [0.29, 0.717) is 13.0 Å². The van der Waals surface area contributed by atoms with Gasteiger partial charge in [0, 0.05) is 34.8 Å². The van der Waals surface area contributed by atoms with Gasteiger partial charge in [-0.2, -0.15) is 0 Å². The maximum absolute atomic E-state index is 12.7. The minimum atomic E-state index is -0.00533.